The van der Waals surface area contributed by atoms with Gasteiger partial charge in [-0.2, -0.15) is 0 Å². The average Bonchev–Trinajstić information content (AvgIpc) is 2.65. The highest BCUT2D eigenvalue weighted by Gasteiger charge is 2.26. The highest BCUT2D eigenvalue weighted by molar-refractivity contribution is 7.89. The predicted molar refractivity (Wildman–Crippen MR) is 104 cm³/mol. The first-order valence-electron chi connectivity index (χ1n) is 8.52. The molecule has 0 unspecified atom stereocenters. The largest absolute Gasteiger partial charge is 0.340 e. The van der Waals surface area contributed by atoms with Crippen molar-refractivity contribution < 1.29 is 18.0 Å². The molecule has 0 aliphatic carbocycles. The van der Waals surface area contributed by atoms with Gasteiger partial charge in [-0.3, -0.25) is 9.59 Å². The number of anilines is 1. The van der Waals surface area contributed by atoms with Crippen LogP contribution in [0.1, 0.15) is 30.6 Å². The van der Waals surface area contributed by atoms with Crippen LogP contribution in [0.25, 0.3) is 0 Å². The molecule has 27 heavy (non-hydrogen) atoms. The van der Waals surface area contributed by atoms with Gasteiger partial charge in [0.15, 0.2) is 0 Å². The van der Waals surface area contributed by atoms with Crippen molar-refractivity contribution in [3.63, 3.8) is 0 Å². The van der Waals surface area contributed by atoms with E-state index < -0.39 is 16.1 Å². The molecule has 2 rings (SSSR count). The maximum atomic E-state index is 12.7. The van der Waals surface area contributed by atoms with E-state index in [0.717, 1.165) is 0 Å². The molecule has 0 bridgehead atoms. The first kappa shape index (κ1) is 20.6. The van der Waals surface area contributed by atoms with Gasteiger partial charge < -0.3 is 10.6 Å². The third-order valence-electron chi connectivity index (χ3n) is 4.27. The molecule has 0 radical (unpaired) electrons. The topological polar surface area (TPSA) is 118 Å². The van der Waals surface area contributed by atoms with Crippen molar-refractivity contribution in [3.05, 3.63) is 60.2 Å². The van der Waals surface area contributed by atoms with Crippen molar-refractivity contribution >= 4 is 27.5 Å². The fraction of sp³-hybridized carbons (Fsp3) is 0.263. The molecule has 0 heterocycles. The normalized spacial score (nSPS) is 13.4. The molecule has 0 saturated carbocycles. The van der Waals surface area contributed by atoms with Crippen LogP contribution < -0.4 is 15.8 Å². The zero-order chi connectivity index (χ0) is 20.0. The summed E-state index contributed by atoms with van der Waals surface area (Å²) in [6, 6.07) is 13.4. The zero-order valence-electron chi connectivity index (χ0n) is 15.2. The number of rotatable bonds is 7. The fourth-order valence-corrected chi connectivity index (χ4v) is 2.98. The van der Waals surface area contributed by atoms with Gasteiger partial charge in [-0.25, -0.2) is 13.6 Å². The molecule has 0 aliphatic rings. The first-order chi connectivity index (χ1) is 12.7. The van der Waals surface area contributed by atoms with E-state index in [-0.39, 0.29) is 22.6 Å². The predicted octanol–water partition coefficient (Wildman–Crippen LogP) is 2.12. The summed E-state index contributed by atoms with van der Waals surface area (Å²) < 4.78 is 22.6. The smallest absolute Gasteiger partial charge is 0.251 e. The monoisotopic (exact) mass is 389 g/mol. The number of amides is 2. The van der Waals surface area contributed by atoms with Gasteiger partial charge in [0, 0.05) is 11.3 Å². The molecule has 2 aromatic carbocycles. The van der Waals surface area contributed by atoms with Crippen LogP contribution in [0.4, 0.5) is 5.69 Å². The average molecular weight is 389 g/mol. The molecule has 2 amide bonds. The third kappa shape index (κ3) is 5.63. The number of nitrogens with two attached hydrogens (primary N) is 1. The van der Waals surface area contributed by atoms with E-state index in [0.29, 0.717) is 17.7 Å². The Morgan fingerprint density at radius 2 is 1.63 bits per heavy atom. The van der Waals surface area contributed by atoms with Crippen LogP contribution in [0, 0.1) is 5.92 Å². The number of carbonyl (C=O) groups is 2. The van der Waals surface area contributed by atoms with Gasteiger partial charge >= 0.3 is 0 Å². The third-order valence-corrected chi connectivity index (χ3v) is 5.20. The summed E-state index contributed by atoms with van der Waals surface area (Å²) in [7, 11) is -3.80. The minimum Gasteiger partial charge on any atom is -0.340 e. The molecular weight excluding hydrogens is 366 g/mol. The SMILES string of the molecule is CC[C@H](C)[C@H](NC(=O)c1ccccc1)C(=O)Nc1ccc(S(N)(=O)=O)cc1. The Morgan fingerprint density at radius 3 is 2.15 bits per heavy atom. The summed E-state index contributed by atoms with van der Waals surface area (Å²) >= 11 is 0. The Bertz CT molecular complexity index is 896. The number of primary sulfonamides is 1. The van der Waals surface area contributed by atoms with E-state index >= 15 is 0 Å². The van der Waals surface area contributed by atoms with Crippen molar-refractivity contribution in [1.29, 1.82) is 0 Å². The number of nitrogens with one attached hydrogen (secondary N) is 2. The summed E-state index contributed by atoms with van der Waals surface area (Å²) in [4.78, 5) is 25.1. The van der Waals surface area contributed by atoms with E-state index in [1.54, 1.807) is 30.3 Å². The second-order valence-electron chi connectivity index (χ2n) is 6.26. The number of carbonyl (C=O) groups excluding carboxylic acids is 2. The van der Waals surface area contributed by atoms with Crippen LogP contribution in [0.2, 0.25) is 0 Å². The second-order valence-corrected chi connectivity index (χ2v) is 7.82. The lowest BCUT2D eigenvalue weighted by Gasteiger charge is -2.23. The second kappa shape index (κ2) is 8.79. The van der Waals surface area contributed by atoms with Crippen molar-refractivity contribution in [1.82, 2.24) is 5.32 Å². The lowest BCUT2D eigenvalue weighted by atomic mass is 9.97. The van der Waals surface area contributed by atoms with Crippen LogP contribution in [0.3, 0.4) is 0 Å². The molecule has 0 spiro atoms. The van der Waals surface area contributed by atoms with E-state index in [9.17, 15) is 18.0 Å². The Kier molecular flexibility index (Phi) is 6.70. The Balaban J connectivity index is 2.14. The van der Waals surface area contributed by atoms with Crippen molar-refractivity contribution in [2.24, 2.45) is 11.1 Å². The van der Waals surface area contributed by atoms with E-state index in [1.807, 2.05) is 13.8 Å². The molecule has 8 heteroatoms. The highest BCUT2D eigenvalue weighted by Crippen LogP contribution is 2.16. The quantitative estimate of drug-likeness (QED) is 0.672. The zero-order valence-corrected chi connectivity index (χ0v) is 16.0. The van der Waals surface area contributed by atoms with Crippen LogP contribution in [0.15, 0.2) is 59.5 Å². The molecule has 0 aromatic heterocycles. The number of sulfonamides is 1. The van der Waals surface area contributed by atoms with E-state index in [2.05, 4.69) is 10.6 Å². The molecule has 0 saturated heterocycles. The van der Waals surface area contributed by atoms with Crippen LogP contribution in [-0.2, 0) is 14.8 Å². The van der Waals surface area contributed by atoms with Crippen LogP contribution in [-0.4, -0.2) is 26.3 Å². The number of hydrogen-bond donors (Lipinski definition) is 3. The summed E-state index contributed by atoms with van der Waals surface area (Å²) in [5, 5.41) is 10.5. The van der Waals surface area contributed by atoms with Gasteiger partial charge in [0.25, 0.3) is 5.91 Å². The summed E-state index contributed by atoms with van der Waals surface area (Å²) in [6.45, 7) is 3.81. The van der Waals surface area contributed by atoms with Crippen molar-refractivity contribution in [3.8, 4) is 0 Å². The molecule has 0 aliphatic heterocycles. The minimum atomic E-state index is -3.80. The number of hydrogen-bond acceptors (Lipinski definition) is 4. The molecular formula is C19H23N3O4S. The van der Waals surface area contributed by atoms with Crippen molar-refractivity contribution in [2.45, 2.75) is 31.2 Å². The molecule has 2 atom stereocenters. The van der Waals surface area contributed by atoms with Crippen LogP contribution in [0.5, 0.6) is 0 Å². The van der Waals surface area contributed by atoms with Gasteiger partial charge in [0.05, 0.1) is 4.90 Å². The number of benzene rings is 2. The van der Waals surface area contributed by atoms with E-state index in [4.69, 9.17) is 5.14 Å². The molecule has 0 fully saturated rings. The van der Waals surface area contributed by atoms with Crippen molar-refractivity contribution in [2.75, 3.05) is 5.32 Å². The van der Waals surface area contributed by atoms with Crippen LogP contribution >= 0.6 is 0 Å². The van der Waals surface area contributed by atoms with Gasteiger partial charge in [0.1, 0.15) is 6.04 Å². The molecule has 7 nitrogen and oxygen atoms in total. The highest BCUT2D eigenvalue weighted by atomic mass is 32.2. The summed E-state index contributed by atoms with van der Waals surface area (Å²) in [5.41, 5.74) is 0.880. The molecule has 144 valence electrons. The summed E-state index contributed by atoms with van der Waals surface area (Å²) in [5.74, 6) is -0.807. The lowest BCUT2D eigenvalue weighted by molar-refractivity contribution is -0.119. The Labute approximate surface area is 159 Å². The van der Waals surface area contributed by atoms with Gasteiger partial charge in [0.2, 0.25) is 15.9 Å². The maximum absolute atomic E-state index is 12.7. The maximum Gasteiger partial charge on any atom is 0.251 e. The summed E-state index contributed by atoms with van der Waals surface area (Å²) in [6.07, 6.45) is 0.692. The Hall–Kier alpha value is -2.71. The van der Waals surface area contributed by atoms with Gasteiger partial charge in [-0.15, -0.1) is 0 Å². The fourth-order valence-electron chi connectivity index (χ4n) is 2.46. The van der Waals surface area contributed by atoms with E-state index in [1.165, 1.54) is 24.3 Å². The molecule has 4 N–H and O–H groups in total. The first-order valence-corrected chi connectivity index (χ1v) is 10.1. The minimum absolute atomic E-state index is 0.0450. The van der Waals surface area contributed by atoms with Gasteiger partial charge in [-0.05, 0) is 42.3 Å². The standard InChI is InChI=1S/C19H23N3O4S/c1-3-13(2)17(22-18(23)14-7-5-4-6-8-14)19(24)21-15-9-11-16(12-10-15)27(20,25)26/h4-13,17H,3H2,1-2H3,(H,21,24)(H,22,23)(H2,20,25,26)/t13-,17-/m0/s1. The lowest BCUT2D eigenvalue weighted by Crippen LogP contribution is -2.47. The molecule has 2 aromatic rings. The van der Waals surface area contributed by atoms with Gasteiger partial charge in [-0.1, -0.05) is 38.5 Å². The Morgan fingerprint density at radius 1 is 1.04 bits per heavy atom.